The summed E-state index contributed by atoms with van der Waals surface area (Å²) in [4.78, 5) is 24.3. The van der Waals surface area contributed by atoms with E-state index in [-0.39, 0.29) is 11.2 Å². The second-order valence-corrected chi connectivity index (χ2v) is 8.43. The molecule has 0 bridgehead atoms. The highest BCUT2D eigenvalue weighted by molar-refractivity contribution is 9.10. The number of carboxylic acid groups (broad SMARTS) is 1. The van der Waals surface area contributed by atoms with Gasteiger partial charge < -0.3 is 14.3 Å². The number of fused-ring (bicyclic) bond motifs is 3. The minimum atomic E-state index is -1.28. The molecule has 26 heavy (non-hydrogen) atoms. The van der Waals surface area contributed by atoms with Gasteiger partial charge >= 0.3 is 11.6 Å². The van der Waals surface area contributed by atoms with Crippen molar-refractivity contribution >= 4 is 54.3 Å². The number of ether oxygens (including phenoxy) is 1. The van der Waals surface area contributed by atoms with Crippen molar-refractivity contribution in [3.63, 3.8) is 0 Å². The Kier molecular flexibility index (Phi) is 4.41. The Labute approximate surface area is 161 Å². The summed E-state index contributed by atoms with van der Waals surface area (Å²) in [7, 11) is 1.75. The van der Waals surface area contributed by atoms with Gasteiger partial charge in [-0.1, -0.05) is 31.4 Å². The van der Waals surface area contributed by atoms with Crippen molar-refractivity contribution in [3.05, 3.63) is 43.5 Å². The number of methoxy groups -OCH3 is 1. The van der Waals surface area contributed by atoms with Crippen molar-refractivity contribution in [3.8, 4) is 0 Å². The molecule has 2 heterocycles. The van der Waals surface area contributed by atoms with Gasteiger partial charge in [-0.2, -0.15) is 0 Å². The Hall–Kier alpha value is -1.70. The van der Waals surface area contributed by atoms with Crippen LogP contribution in [0.2, 0.25) is 0 Å². The van der Waals surface area contributed by atoms with Crippen molar-refractivity contribution < 1.29 is 19.1 Å². The monoisotopic (exact) mass is 436 g/mol. The zero-order chi connectivity index (χ0) is 18.5. The normalized spacial score (nSPS) is 17.0. The third kappa shape index (κ3) is 2.61. The topological polar surface area (TPSA) is 76.7 Å². The van der Waals surface area contributed by atoms with Crippen LogP contribution in [0.3, 0.4) is 0 Å². The number of benzene rings is 1. The molecule has 0 spiro atoms. The molecule has 1 aliphatic rings. The number of carboxylic acids is 1. The van der Waals surface area contributed by atoms with Gasteiger partial charge in [0, 0.05) is 22.4 Å². The van der Waals surface area contributed by atoms with E-state index in [0.29, 0.717) is 11.0 Å². The summed E-state index contributed by atoms with van der Waals surface area (Å²) in [6.07, 6.45) is 5.36. The maximum Gasteiger partial charge on any atom is 0.351 e. The molecule has 3 aromatic rings. The lowest BCUT2D eigenvalue weighted by atomic mass is 9.83. The van der Waals surface area contributed by atoms with Crippen LogP contribution in [0, 0.1) is 0 Å². The highest BCUT2D eigenvalue weighted by atomic mass is 79.9. The van der Waals surface area contributed by atoms with Gasteiger partial charge in [-0.25, -0.2) is 9.59 Å². The molecule has 0 radical (unpaired) electrons. The zero-order valence-corrected chi connectivity index (χ0v) is 16.5. The molecule has 4 rings (SSSR count). The fourth-order valence-electron chi connectivity index (χ4n) is 3.79. The molecule has 0 unspecified atom stereocenters. The Bertz CT molecular complexity index is 1070. The van der Waals surface area contributed by atoms with Gasteiger partial charge in [0.2, 0.25) is 0 Å². The lowest BCUT2D eigenvalue weighted by Crippen LogP contribution is -2.30. The van der Waals surface area contributed by atoms with E-state index in [0.717, 1.165) is 45.1 Å². The maximum atomic E-state index is 12.1. The van der Waals surface area contributed by atoms with Crippen LogP contribution in [-0.2, 0) is 10.3 Å². The number of carbonyl (C=O) groups is 1. The fraction of sp³-hybridized carbons (Fsp3) is 0.368. The van der Waals surface area contributed by atoms with E-state index in [9.17, 15) is 9.59 Å². The van der Waals surface area contributed by atoms with Gasteiger partial charge in [0.15, 0.2) is 5.58 Å². The Morgan fingerprint density at radius 3 is 2.69 bits per heavy atom. The zero-order valence-electron chi connectivity index (χ0n) is 14.1. The molecule has 1 N–H and O–H groups in total. The van der Waals surface area contributed by atoms with Gasteiger partial charge in [0.1, 0.15) is 11.2 Å². The van der Waals surface area contributed by atoms with Crippen LogP contribution in [-0.4, -0.2) is 18.2 Å². The fourth-order valence-corrected chi connectivity index (χ4v) is 6.27. The molecule has 1 fully saturated rings. The lowest BCUT2D eigenvalue weighted by Gasteiger charge is -2.35. The van der Waals surface area contributed by atoms with Crippen LogP contribution in [0.1, 0.15) is 47.3 Å². The molecule has 0 atom stereocenters. The second kappa shape index (κ2) is 6.48. The Balaban J connectivity index is 1.99. The van der Waals surface area contributed by atoms with Gasteiger partial charge in [0.25, 0.3) is 0 Å². The first kappa shape index (κ1) is 17.7. The first-order chi connectivity index (χ1) is 12.5. The van der Waals surface area contributed by atoms with E-state index >= 15 is 0 Å². The van der Waals surface area contributed by atoms with Crippen LogP contribution in [0.4, 0.5) is 0 Å². The Morgan fingerprint density at radius 1 is 1.31 bits per heavy atom. The van der Waals surface area contributed by atoms with Crippen LogP contribution in [0.25, 0.3) is 21.1 Å². The summed E-state index contributed by atoms with van der Waals surface area (Å²) in [6, 6.07) is 5.09. The Morgan fingerprint density at radius 2 is 2.04 bits per heavy atom. The molecular formula is C19H17BrO5S. The molecule has 2 aromatic heterocycles. The summed E-state index contributed by atoms with van der Waals surface area (Å²) in [5, 5.41) is 10.7. The number of halogens is 1. The highest BCUT2D eigenvalue weighted by Gasteiger charge is 2.38. The van der Waals surface area contributed by atoms with E-state index in [4.69, 9.17) is 14.3 Å². The molecular weight excluding hydrogens is 420 g/mol. The number of rotatable bonds is 3. The molecule has 1 aliphatic carbocycles. The van der Waals surface area contributed by atoms with Crippen LogP contribution >= 0.6 is 27.3 Å². The largest absolute Gasteiger partial charge is 0.477 e. The molecule has 7 heteroatoms. The number of hydrogen-bond donors (Lipinski definition) is 1. The summed E-state index contributed by atoms with van der Waals surface area (Å²) < 4.78 is 13.2. The average molecular weight is 437 g/mol. The molecule has 0 amide bonds. The van der Waals surface area contributed by atoms with Crippen LogP contribution < -0.4 is 5.63 Å². The predicted octanol–water partition coefficient (Wildman–Crippen LogP) is 5.27. The minimum Gasteiger partial charge on any atom is -0.477 e. The molecule has 5 nitrogen and oxygen atoms in total. The quantitative estimate of drug-likeness (QED) is 0.565. The predicted molar refractivity (Wildman–Crippen MR) is 104 cm³/mol. The van der Waals surface area contributed by atoms with E-state index < -0.39 is 11.6 Å². The third-order valence-electron chi connectivity index (χ3n) is 5.19. The highest BCUT2D eigenvalue weighted by Crippen LogP contribution is 2.50. The summed E-state index contributed by atoms with van der Waals surface area (Å²) in [5.74, 6) is -1.28. The van der Waals surface area contributed by atoms with Crippen molar-refractivity contribution in [2.75, 3.05) is 7.11 Å². The first-order valence-electron chi connectivity index (χ1n) is 8.44. The maximum absolute atomic E-state index is 12.1. The van der Waals surface area contributed by atoms with Crippen molar-refractivity contribution in [2.24, 2.45) is 0 Å². The standard InChI is InChI=1S/C19H17BrO5S/c1-24-19(7-3-2-4-8-19)16-13(20)11-6-5-10-9-12(17(21)22)18(23)25-14(10)15(11)26-16/h5-6,9H,2-4,7-8H2,1H3,(H,21,22). The molecule has 1 aromatic carbocycles. The number of thiophene rings is 1. The SMILES string of the molecule is COC1(c2sc3c(ccc4cc(C(=O)O)c(=O)oc43)c2Br)CCCCC1. The van der Waals surface area contributed by atoms with Crippen molar-refractivity contribution in [2.45, 2.75) is 37.7 Å². The molecule has 0 aliphatic heterocycles. The molecule has 1 saturated carbocycles. The van der Waals surface area contributed by atoms with E-state index in [1.54, 1.807) is 24.5 Å². The summed E-state index contributed by atoms with van der Waals surface area (Å²) >= 11 is 5.28. The van der Waals surface area contributed by atoms with Gasteiger partial charge in [-0.05, 0) is 34.8 Å². The van der Waals surface area contributed by atoms with Gasteiger partial charge in [0.05, 0.1) is 9.58 Å². The van der Waals surface area contributed by atoms with Gasteiger partial charge in [-0.3, -0.25) is 0 Å². The van der Waals surface area contributed by atoms with Crippen LogP contribution in [0.15, 0.2) is 31.9 Å². The third-order valence-corrected chi connectivity index (χ3v) is 7.67. The minimum absolute atomic E-state index is 0.325. The van der Waals surface area contributed by atoms with Gasteiger partial charge in [-0.15, -0.1) is 11.3 Å². The summed E-state index contributed by atoms with van der Waals surface area (Å²) in [6.45, 7) is 0. The summed E-state index contributed by atoms with van der Waals surface area (Å²) in [5.41, 5.74) is -1.08. The number of aromatic carboxylic acids is 1. The average Bonchev–Trinajstić information content (AvgIpc) is 2.99. The second-order valence-electron chi connectivity index (χ2n) is 6.62. The molecule has 136 valence electrons. The van der Waals surface area contributed by atoms with Crippen molar-refractivity contribution in [1.29, 1.82) is 0 Å². The van der Waals surface area contributed by atoms with E-state index in [1.807, 2.05) is 6.07 Å². The lowest BCUT2D eigenvalue weighted by molar-refractivity contribution is -0.0419. The van der Waals surface area contributed by atoms with E-state index in [1.165, 1.54) is 12.5 Å². The van der Waals surface area contributed by atoms with E-state index in [2.05, 4.69) is 15.9 Å². The molecule has 0 saturated heterocycles. The van der Waals surface area contributed by atoms with Crippen LogP contribution in [0.5, 0.6) is 0 Å². The number of hydrogen-bond acceptors (Lipinski definition) is 5. The first-order valence-corrected chi connectivity index (χ1v) is 10.1. The van der Waals surface area contributed by atoms with Crippen molar-refractivity contribution in [1.82, 2.24) is 0 Å². The smallest absolute Gasteiger partial charge is 0.351 e.